The Morgan fingerprint density at radius 1 is 1.48 bits per heavy atom. The monoisotopic (exact) mass is 304 g/mol. The Hall–Kier alpha value is -1.31. The fourth-order valence-electron chi connectivity index (χ4n) is 3.29. The average molecular weight is 304 g/mol. The van der Waals surface area contributed by atoms with Crippen LogP contribution < -0.4 is 16.0 Å². The molecule has 0 bridgehead atoms. The first kappa shape index (κ1) is 13.4. The molecule has 3 aliphatic rings. The third kappa shape index (κ3) is 1.81. The Bertz CT molecular complexity index is 646. The van der Waals surface area contributed by atoms with E-state index in [9.17, 15) is 0 Å². The van der Waals surface area contributed by atoms with Gasteiger partial charge in [-0.05, 0) is 19.4 Å². The summed E-state index contributed by atoms with van der Waals surface area (Å²) < 4.78 is 0. The predicted octanol–water partition coefficient (Wildman–Crippen LogP) is 1.02. The summed E-state index contributed by atoms with van der Waals surface area (Å²) in [6, 6.07) is -0.0491. The molecule has 1 aromatic rings. The van der Waals surface area contributed by atoms with Gasteiger partial charge in [-0.3, -0.25) is 10.5 Å². The van der Waals surface area contributed by atoms with E-state index in [1.165, 1.54) is 11.8 Å². The minimum absolute atomic E-state index is 0.0491. The number of nitrogens with zero attached hydrogens (tertiary/aromatic N) is 2. The summed E-state index contributed by atoms with van der Waals surface area (Å²) in [5.41, 5.74) is 9.42. The molecule has 112 valence electrons. The molecular formula is C14H20N6S. The Morgan fingerprint density at radius 2 is 2.19 bits per heavy atom. The van der Waals surface area contributed by atoms with Crippen LogP contribution in [0.25, 0.3) is 5.57 Å². The highest BCUT2D eigenvalue weighted by atomic mass is 32.2. The highest BCUT2D eigenvalue weighted by molar-refractivity contribution is 8.15. The van der Waals surface area contributed by atoms with Crippen molar-refractivity contribution in [2.75, 3.05) is 31.1 Å². The van der Waals surface area contributed by atoms with Gasteiger partial charge in [-0.2, -0.15) is 5.10 Å². The van der Waals surface area contributed by atoms with Crippen molar-refractivity contribution in [2.45, 2.75) is 24.8 Å². The molecule has 6 nitrogen and oxygen atoms in total. The van der Waals surface area contributed by atoms with Crippen LogP contribution in [-0.2, 0) is 0 Å². The summed E-state index contributed by atoms with van der Waals surface area (Å²) in [5, 5.41) is 19.8. The number of anilines is 1. The Balaban J connectivity index is 1.66. The molecule has 2 fully saturated rings. The van der Waals surface area contributed by atoms with Crippen molar-refractivity contribution in [1.29, 1.82) is 5.41 Å². The zero-order valence-corrected chi connectivity index (χ0v) is 13.1. The number of nitrogens with two attached hydrogens (primary N) is 1. The molecule has 1 atom stereocenters. The van der Waals surface area contributed by atoms with E-state index in [-0.39, 0.29) is 6.04 Å². The van der Waals surface area contributed by atoms with Gasteiger partial charge in [-0.1, -0.05) is 11.8 Å². The molecule has 0 amide bonds. The van der Waals surface area contributed by atoms with Gasteiger partial charge in [0.15, 0.2) is 5.82 Å². The molecule has 1 aromatic heterocycles. The van der Waals surface area contributed by atoms with E-state index < -0.39 is 0 Å². The maximum Gasteiger partial charge on any atom is 0.165 e. The van der Waals surface area contributed by atoms with Gasteiger partial charge in [0.1, 0.15) is 5.04 Å². The van der Waals surface area contributed by atoms with Crippen LogP contribution in [0.5, 0.6) is 0 Å². The van der Waals surface area contributed by atoms with Gasteiger partial charge in [-0.15, -0.1) is 0 Å². The van der Waals surface area contributed by atoms with Crippen LogP contribution >= 0.6 is 11.8 Å². The van der Waals surface area contributed by atoms with Crippen molar-refractivity contribution in [3.63, 3.8) is 0 Å². The van der Waals surface area contributed by atoms with E-state index in [2.05, 4.69) is 20.4 Å². The molecule has 1 unspecified atom stereocenters. The largest absolute Gasteiger partial charge is 0.353 e. The van der Waals surface area contributed by atoms with Crippen LogP contribution in [0.1, 0.15) is 19.5 Å². The molecule has 2 saturated heterocycles. The molecule has 0 radical (unpaired) electrons. The normalized spacial score (nSPS) is 26.4. The van der Waals surface area contributed by atoms with Crippen LogP contribution in [0.4, 0.5) is 5.82 Å². The van der Waals surface area contributed by atoms with Crippen LogP contribution in [0, 0.1) is 10.8 Å². The van der Waals surface area contributed by atoms with Crippen molar-refractivity contribution in [3.05, 3.63) is 11.3 Å². The van der Waals surface area contributed by atoms with Crippen LogP contribution in [-0.4, -0.2) is 47.5 Å². The molecule has 0 aromatic carbocycles. The lowest BCUT2D eigenvalue weighted by atomic mass is 9.74. The summed E-state index contributed by atoms with van der Waals surface area (Å²) in [4.78, 5) is 3.41. The third-order valence-electron chi connectivity index (χ3n) is 4.81. The topological polar surface area (TPSA) is 93.8 Å². The molecule has 0 saturated carbocycles. The van der Waals surface area contributed by atoms with E-state index in [1.807, 2.05) is 13.8 Å². The summed E-state index contributed by atoms with van der Waals surface area (Å²) in [6.07, 6.45) is 0. The number of aromatic amines is 1. The highest BCUT2D eigenvalue weighted by Crippen LogP contribution is 2.48. The second-order valence-electron chi connectivity index (χ2n) is 6.49. The van der Waals surface area contributed by atoms with E-state index in [0.29, 0.717) is 10.5 Å². The number of thioether (sulfide) groups is 1. The van der Waals surface area contributed by atoms with Crippen molar-refractivity contribution in [1.82, 2.24) is 15.5 Å². The summed E-state index contributed by atoms with van der Waals surface area (Å²) in [6.45, 7) is 8.33. The van der Waals surface area contributed by atoms with Crippen LogP contribution in [0.3, 0.4) is 0 Å². The standard InChI is InChI=1S/C14H20N6S/c1-7(8(2)15)9-10-11(21-12(9)16)13(19-18-10)20-5-14(6-20)3-17-4-14/h8,16-17H,3-6,15H2,1-2H3,(H,18,19)/b9-7-,16-12?. The first-order chi connectivity index (χ1) is 10.0. The third-order valence-corrected chi connectivity index (χ3v) is 5.81. The lowest BCUT2D eigenvalue weighted by molar-refractivity contribution is 0.120. The molecule has 21 heavy (non-hydrogen) atoms. The number of aromatic nitrogens is 2. The zero-order valence-electron chi connectivity index (χ0n) is 12.3. The number of hydrogen-bond donors (Lipinski definition) is 4. The SMILES string of the molecule is C/C(=C1/C(=N)Sc2c(N3CC4(CNC4)C3)n[nH]c21)C(C)N. The highest BCUT2D eigenvalue weighted by Gasteiger charge is 2.49. The van der Waals surface area contributed by atoms with Crippen molar-refractivity contribution in [2.24, 2.45) is 11.1 Å². The number of rotatable bonds is 2. The fourth-order valence-corrected chi connectivity index (χ4v) is 4.37. The number of fused-ring (bicyclic) bond motifs is 1. The Morgan fingerprint density at radius 3 is 2.76 bits per heavy atom. The number of nitrogens with one attached hydrogen (secondary N) is 3. The van der Waals surface area contributed by atoms with Gasteiger partial charge in [0.05, 0.1) is 10.6 Å². The second kappa shape index (κ2) is 4.34. The van der Waals surface area contributed by atoms with Gasteiger partial charge >= 0.3 is 0 Å². The molecule has 0 aliphatic carbocycles. The van der Waals surface area contributed by atoms with E-state index in [1.54, 1.807) is 0 Å². The molecular weight excluding hydrogens is 284 g/mol. The maximum absolute atomic E-state index is 8.24. The van der Waals surface area contributed by atoms with E-state index in [4.69, 9.17) is 11.1 Å². The second-order valence-corrected chi connectivity index (χ2v) is 7.51. The molecule has 7 heteroatoms. The summed E-state index contributed by atoms with van der Waals surface area (Å²) in [5.74, 6) is 1.00. The molecule has 4 heterocycles. The van der Waals surface area contributed by atoms with Crippen molar-refractivity contribution in [3.8, 4) is 0 Å². The average Bonchev–Trinajstić information content (AvgIpc) is 2.83. The van der Waals surface area contributed by atoms with Crippen LogP contribution in [0.2, 0.25) is 0 Å². The summed E-state index contributed by atoms with van der Waals surface area (Å²) in [7, 11) is 0. The minimum Gasteiger partial charge on any atom is -0.353 e. The zero-order chi connectivity index (χ0) is 14.8. The first-order valence-corrected chi connectivity index (χ1v) is 8.10. The van der Waals surface area contributed by atoms with Crippen molar-refractivity contribution >= 4 is 28.2 Å². The fraction of sp³-hybridized carbons (Fsp3) is 0.571. The Labute approximate surface area is 128 Å². The smallest absolute Gasteiger partial charge is 0.165 e. The molecule has 5 N–H and O–H groups in total. The summed E-state index contributed by atoms with van der Waals surface area (Å²) >= 11 is 1.50. The Kier molecular flexibility index (Phi) is 2.76. The van der Waals surface area contributed by atoms with E-state index >= 15 is 0 Å². The lowest BCUT2D eigenvalue weighted by Crippen LogP contribution is -2.71. The van der Waals surface area contributed by atoms with Crippen molar-refractivity contribution < 1.29 is 0 Å². The molecule has 4 rings (SSSR count). The first-order valence-electron chi connectivity index (χ1n) is 7.28. The van der Waals surface area contributed by atoms with Gasteiger partial charge in [0.25, 0.3) is 0 Å². The number of hydrogen-bond acceptors (Lipinski definition) is 6. The lowest BCUT2D eigenvalue weighted by Gasteiger charge is -2.56. The van der Waals surface area contributed by atoms with Crippen LogP contribution in [0.15, 0.2) is 10.5 Å². The van der Waals surface area contributed by atoms with Gasteiger partial charge in [0, 0.05) is 43.2 Å². The molecule has 1 spiro atoms. The number of H-pyrrole nitrogens is 1. The predicted molar refractivity (Wildman–Crippen MR) is 85.9 cm³/mol. The maximum atomic E-state index is 8.24. The van der Waals surface area contributed by atoms with Gasteiger partial charge in [0.2, 0.25) is 0 Å². The molecule has 3 aliphatic heterocycles. The quantitative estimate of drug-likeness (QED) is 0.654. The van der Waals surface area contributed by atoms with E-state index in [0.717, 1.165) is 53.7 Å². The van der Waals surface area contributed by atoms with Gasteiger partial charge in [-0.25, -0.2) is 0 Å². The van der Waals surface area contributed by atoms with Gasteiger partial charge < -0.3 is 16.0 Å². The minimum atomic E-state index is -0.0491.